The highest BCUT2D eigenvalue weighted by Crippen LogP contribution is 2.30. The van der Waals surface area contributed by atoms with Gasteiger partial charge in [-0.3, -0.25) is 0 Å². The first-order valence-electron chi connectivity index (χ1n) is 10.1. The van der Waals surface area contributed by atoms with Gasteiger partial charge < -0.3 is 4.74 Å². The summed E-state index contributed by atoms with van der Waals surface area (Å²) in [7, 11) is 0. The Morgan fingerprint density at radius 3 is 2.45 bits per heavy atom. The zero-order valence-electron chi connectivity index (χ0n) is 18.8. The van der Waals surface area contributed by atoms with Gasteiger partial charge in [-0.25, -0.2) is 14.1 Å². The average molecular weight is 426 g/mol. The zero-order valence-corrected chi connectivity index (χ0v) is 18.8. The summed E-state index contributed by atoms with van der Waals surface area (Å²) in [6, 6.07) is 8.68. The number of fused-ring (bicyclic) bond motifs is 1. The molecule has 31 heavy (non-hydrogen) atoms. The summed E-state index contributed by atoms with van der Waals surface area (Å²) < 4.78 is 21.8. The van der Waals surface area contributed by atoms with Crippen LogP contribution in [0.4, 0.5) is 4.39 Å². The second kappa shape index (κ2) is 9.20. The Hall–Kier alpha value is -3.36. The van der Waals surface area contributed by atoms with E-state index in [1.54, 1.807) is 28.3 Å². The number of aryl methyl sites for hydroxylation is 3. The Balaban J connectivity index is 0.000000287. The highest BCUT2D eigenvalue weighted by Gasteiger charge is 2.23. The standard InChI is InChI=1S/C15H21N7O.C7H7F/c1-6-21-13(16-9-17-21)8-23-14-11(15(3,4)5)7-12-19-18-10(2)22(12)20-14;1-6-4-2-3-5-7(6)8/h7,9H,6,8H2,1-5H3;2-5H,1H3. The lowest BCUT2D eigenvalue weighted by atomic mass is 9.88. The molecule has 3 heterocycles. The van der Waals surface area contributed by atoms with E-state index in [-0.39, 0.29) is 11.2 Å². The van der Waals surface area contributed by atoms with Crippen molar-refractivity contribution >= 4 is 5.65 Å². The summed E-state index contributed by atoms with van der Waals surface area (Å²) in [5.74, 6) is 1.93. The first-order valence-corrected chi connectivity index (χ1v) is 10.1. The number of aromatic nitrogens is 7. The number of benzene rings is 1. The molecule has 0 aliphatic heterocycles. The van der Waals surface area contributed by atoms with Crippen LogP contribution in [0.25, 0.3) is 5.65 Å². The summed E-state index contributed by atoms with van der Waals surface area (Å²) in [6.45, 7) is 13.0. The van der Waals surface area contributed by atoms with E-state index in [9.17, 15) is 4.39 Å². The molecular formula is C22H28FN7O. The second-order valence-electron chi connectivity index (χ2n) is 8.16. The van der Waals surface area contributed by atoms with E-state index in [0.29, 0.717) is 18.1 Å². The van der Waals surface area contributed by atoms with Crippen LogP contribution >= 0.6 is 0 Å². The minimum Gasteiger partial charge on any atom is -0.468 e. The maximum Gasteiger partial charge on any atom is 0.236 e. The Kier molecular flexibility index (Phi) is 6.62. The highest BCUT2D eigenvalue weighted by molar-refractivity contribution is 5.46. The summed E-state index contributed by atoms with van der Waals surface area (Å²) in [5.41, 5.74) is 2.28. The predicted octanol–water partition coefficient (Wildman–Crippen LogP) is 4.05. The Bertz CT molecular complexity index is 1140. The molecule has 0 unspecified atom stereocenters. The van der Waals surface area contributed by atoms with Crippen molar-refractivity contribution in [1.29, 1.82) is 0 Å². The van der Waals surface area contributed by atoms with Gasteiger partial charge in [0.25, 0.3) is 0 Å². The lowest BCUT2D eigenvalue weighted by molar-refractivity contribution is 0.264. The van der Waals surface area contributed by atoms with Gasteiger partial charge in [-0.1, -0.05) is 39.0 Å². The maximum atomic E-state index is 12.3. The van der Waals surface area contributed by atoms with Gasteiger partial charge in [-0.2, -0.15) is 9.61 Å². The second-order valence-corrected chi connectivity index (χ2v) is 8.16. The minimum absolute atomic E-state index is 0.123. The molecule has 3 aromatic heterocycles. The molecule has 164 valence electrons. The molecule has 1 aromatic carbocycles. The van der Waals surface area contributed by atoms with Gasteiger partial charge >= 0.3 is 0 Å². The summed E-state index contributed by atoms with van der Waals surface area (Å²) in [6.07, 6.45) is 1.54. The van der Waals surface area contributed by atoms with E-state index in [2.05, 4.69) is 46.1 Å². The molecular weight excluding hydrogens is 397 g/mol. The van der Waals surface area contributed by atoms with E-state index in [0.717, 1.165) is 29.4 Å². The van der Waals surface area contributed by atoms with Crippen LogP contribution in [0.5, 0.6) is 5.88 Å². The summed E-state index contributed by atoms with van der Waals surface area (Å²) in [5, 5.41) is 16.9. The molecule has 0 aliphatic carbocycles. The van der Waals surface area contributed by atoms with Gasteiger partial charge in [0.1, 0.15) is 18.8 Å². The van der Waals surface area contributed by atoms with Gasteiger partial charge in [0.05, 0.1) is 0 Å². The van der Waals surface area contributed by atoms with E-state index >= 15 is 0 Å². The zero-order chi connectivity index (χ0) is 22.6. The van der Waals surface area contributed by atoms with Crippen molar-refractivity contribution < 1.29 is 9.13 Å². The van der Waals surface area contributed by atoms with Crippen molar-refractivity contribution in [2.75, 3.05) is 0 Å². The first kappa shape index (κ1) is 22.3. The van der Waals surface area contributed by atoms with E-state index in [1.807, 2.05) is 26.0 Å². The maximum absolute atomic E-state index is 12.3. The third-order valence-corrected chi connectivity index (χ3v) is 4.73. The van der Waals surface area contributed by atoms with E-state index in [1.165, 1.54) is 12.4 Å². The molecule has 0 saturated heterocycles. The fourth-order valence-corrected chi connectivity index (χ4v) is 2.92. The molecule has 0 fully saturated rings. The molecule has 0 atom stereocenters. The minimum atomic E-state index is -0.132. The third-order valence-electron chi connectivity index (χ3n) is 4.73. The fourth-order valence-electron chi connectivity index (χ4n) is 2.92. The van der Waals surface area contributed by atoms with Crippen molar-refractivity contribution in [2.45, 2.75) is 60.1 Å². The molecule has 4 rings (SSSR count). The quantitative estimate of drug-likeness (QED) is 0.490. The third kappa shape index (κ3) is 5.22. The predicted molar refractivity (Wildman–Crippen MR) is 115 cm³/mol. The topological polar surface area (TPSA) is 83.0 Å². The Morgan fingerprint density at radius 1 is 1.10 bits per heavy atom. The smallest absolute Gasteiger partial charge is 0.236 e. The van der Waals surface area contributed by atoms with Gasteiger partial charge in [0.2, 0.25) is 5.88 Å². The molecule has 0 radical (unpaired) electrons. The molecule has 4 aromatic rings. The molecule has 0 N–H and O–H groups in total. The lowest BCUT2D eigenvalue weighted by Gasteiger charge is -2.21. The van der Waals surface area contributed by atoms with Crippen LogP contribution < -0.4 is 4.74 Å². The number of rotatable bonds is 4. The molecule has 0 aliphatic rings. The molecule has 0 amide bonds. The Labute approximate surface area is 181 Å². The summed E-state index contributed by atoms with van der Waals surface area (Å²) in [4.78, 5) is 4.23. The molecule has 0 bridgehead atoms. The largest absolute Gasteiger partial charge is 0.468 e. The van der Waals surface area contributed by atoms with Gasteiger partial charge in [0, 0.05) is 12.1 Å². The average Bonchev–Trinajstić information content (AvgIpc) is 3.34. The van der Waals surface area contributed by atoms with Crippen LogP contribution in [0.15, 0.2) is 36.7 Å². The van der Waals surface area contributed by atoms with Crippen LogP contribution in [0, 0.1) is 19.7 Å². The van der Waals surface area contributed by atoms with Crippen LogP contribution in [-0.4, -0.2) is 34.6 Å². The number of hydrogen-bond donors (Lipinski definition) is 0. The van der Waals surface area contributed by atoms with Crippen molar-refractivity contribution in [3.63, 3.8) is 0 Å². The van der Waals surface area contributed by atoms with Gasteiger partial charge in [-0.15, -0.1) is 15.3 Å². The number of hydrogen-bond acceptors (Lipinski definition) is 6. The van der Waals surface area contributed by atoms with Crippen molar-refractivity contribution in [3.8, 4) is 5.88 Å². The number of nitrogens with zero attached hydrogens (tertiary/aromatic N) is 7. The Morgan fingerprint density at radius 2 is 1.84 bits per heavy atom. The monoisotopic (exact) mass is 425 g/mol. The van der Waals surface area contributed by atoms with Crippen molar-refractivity contribution in [1.82, 2.24) is 34.6 Å². The van der Waals surface area contributed by atoms with Crippen LogP contribution in [0.3, 0.4) is 0 Å². The van der Waals surface area contributed by atoms with E-state index in [4.69, 9.17) is 4.74 Å². The van der Waals surface area contributed by atoms with Crippen LogP contribution in [0.1, 0.15) is 50.5 Å². The molecule has 0 spiro atoms. The normalized spacial score (nSPS) is 11.3. The molecule has 0 saturated carbocycles. The van der Waals surface area contributed by atoms with Crippen molar-refractivity contribution in [2.24, 2.45) is 0 Å². The highest BCUT2D eigenvalue weighted by atomic mass is 19.1. The summed E-state index contributed by atoms with van der Waals surface area (Å²) >= 11 is 0. The van der Waals surface area contributed by atoms with Crippen LogP contribution in [0.2, 0.25) is 0 Å². The number of ether oxygens (including phenoxy) is 1. The molecule has 9 heteroatoms. The van der Waals surface area contributed by atoms with Crippen LogP contribution in [-0.2, 0) is 18.6 Å². The van der Waals surface area contributed by atoms with E-state index < -0.39 is 0 Å². The fraction of sp³-hybridized carbons (Fsp3) is 0.409. The first-order chi connectivity index (χ1) is 14.7. The van der Waals surface area contributed by atoms with Gasteiger partial charge in [-0.05, 0) is 43.9 Å². The van der Waals surface area contributed by atoms with Crippen molar-refractivity contribution in [3.05, 3.63) is 65.3 Å². The number of halogens is 1. The molecule has 8 nitrogen and oxygen atoms in total. The lowest BCUT2D eigenvalue weighted by Crippen LogP contribution is -2.17. The van der Waals surface area contributed by atoms with Gasteiger partial charge in [0.15, 0.2) is 17.3 Å². The SMILES string of the molecule is CCn1ncnc1COc1nn2c(C)nnc2cc1C(C)(C)C.Cc1ccccc1F.